The molecular weight excluding hydrogens is 362 g/mol. The predicted molar refractivity (Wildman–Crippen MR) is 102 cm³/mol. The Hall–Kier alpha value is -3.94. The number of Topliss-reactive ketones (excluding diaryl/α,β-unsaturated/α-hetero) is 1. The Morgan fingerprint density at radius 3 is 2.46 bits per heavy atom. The molecule has 1 atom stereocenters. The van der Waals surface area contributed by atoms with Crippen molar-refractivity contribution in [3.63, 3.8) is 0 Å². The number of hydrogen-bond acceptors (Lipinski definition) is 6. The standard InChI is InChI=1S/C20H17N3O5/c1-13-7-9-14(10-8-13)18(24)19(22-20(25)17-6-3-11-28-17)21-15-4-2-5-16(12-15)23(26)27/h2-12,19,21H,1H3,(H,22,25)/t19-/m0/s1. The lowest BCUT2D eigenvalue weighted by molar-refractivity contribution is -0.384. The van der Waals surface area contributed by atoms with Crippen LogP contribution in [0.2, 0.25) is 0 Å². The Kier molecular flexibility index (Phi) is 5.50. The fourth-order valence-corrected chi connectivity index (χ4v) is 2.54. The van der Waals surface area contributed by atoms with E-state index in [1.807, 2.05) is 6.92 Å². The van der Waals surface area contributed by atoms with Crippen LogP contribution in [0.1, 0.15) is 26.5 Å². The lowest BCUT2D eigenvalue weighted by Gasteiger charge is -2.20. The number of nitro groups is 1. The van der Waals surface area contributed by atoms with E-state index in [0.717, 1.165) is 5.56 Å². The van der Waals surface area contributed by atoms with Gasteiger partial charge in [0.1, 0.15) is 0 Å². The van der Waals surface area contributed by atoms with Gasteiger partial charge in [0.2, 0.25) is 5.78 Å². The minimum atomic E-state index is -1.15. The van der Waals surface area contributed by atoms with Crippen LogP contribution in [0.25, 0.3) is 0 Å². The van der Waals surface area contributed by atoms with E-state index in [9.17, 15) is 19.7 Å². The van der Waals surface area contributed by atoms with E-state index < -0.39 is 22.8 Å². The zero-order chi connectivity index (χ0) is 20.1. The minimum absolute atomic E-state index is 0.0440. The Balaban J connectivity index is 1.88. The molecule has 1 amide bonds. The number of benzene rings is 2. The maximum Gasteiger partial charge on any atom is 0.288 e. The second kappa shape index (κ2) is 8.17. The molecule has 0 fully saturated rings. The molecule has 0 saturated heterocycles. The molecule has 0 spiro atoms. The molecular formula is C20H17N3O5. The maximum atomic E-state index is 12.9. The Morgan fingerprint density at radius 2 is 1.82 bits per heavy atom. The van der Waals surface area contributed by atoms with E-state index in [-0.39, 0.29) is 11.4 Å². The summed E-state index contributed by atoms with van der Waals surface area (Å²) in [6.07, 6.45) is 0.196. The van der Waals surface area contributed by atoms with Crippen LogP contribution >= 0.6 is 0 Å². The topological polar surface area (TPSA) is 114 Å². The summed E-state index contributed by atoms with van der Waals surface area (Å²) in [6.45, 7) is 1.89. The lowest BCUT2D eigenvalue weighted by Crippen LogP contribution is -2.46. The molecule has 8 heteroatoms. The third kappa shape index (κ3) is 4.42. The smallest absolute Gasteiger partial charge is 0.288 e. The third-order valence-corrected chi connectivity index (χ3v) is 3.99. The molecule has 1 heterocycles. The van der Waals surface area contributed by atoms with Gasteiger partial charge in [0.25, 0.3) is 11.6 Å². The van der Waals surface area contributed by atoms with Crippen LogP contribution in [-0.4, -0.2) is 22.8 Å². The highest BCUT2D eigenvalue weighted by Crippen LogP contribution is 2.18. The van der Waals surface area contributed by atoms with Crippen molar-refractivity contribution in [2.45, 2.75) is 13.1 Å². The van der Waals surface area contributed by atoms with E-state index in [1.165, 1.54) is 30.5 Å². The fourth-order valence-electron chi connectivity index (χ4n) is 2.54. The summed E-state index contributed by atoms with van der Waals surface area (Å²) in [6, 6.07) is 15.6. The van der Waals surface area contributed by atoms with Crippen LogP contribution in [0, 0.1) is 17.0 Å². The highest BCUT2D eigenvalue weighted by Gasteiger charge is 2.24. The van der Waals surface area contributed by atoms with Crippen molar-refractivity contribution in [3.8, 4) is 0 Å². The molecule has 3 rings (SSSR count). The summed E-state index contributed by atoms with van der Waals surface area (Å²) in [4.78, 5) is 35.8. The van der Waals surface area contributed by atoms with Gasteiger partial charge in [0.15, 0.2) is 11.9 Å². The van der Waals surface area contributed by atoms with Gasteiger partial charge in [0, 0.05) is 23.4 Å². The number of non-ortho nitro benzene ring substituents is 1. The van der Waals surface area contributed by atoms with Gasteiger partial charge in [-0.15, -0.1) is 0 Å². The SMILES string of the molecule is Cc1ccc(C(=O)[C@H](NC(=O)c2ccco2)Nc2cccc([N+](=O)[O-])c2)cc1. The Bertz CT molecular complexity index is 997. The number of carbonyl (C=O) groups excluding carboxylic acids is 2. The molecule has 142 valence electrons. The average molecular weight is 379 g/mol. The lowest BCUT2D eigenvalue weighted by atomic mass is 10.1. The van der Waals surface area contributed by atoms with E-state index >= 15 is 0 Å². The van der Waals surface area contributed by atoms with Gasteiger partial charge in [-0.3, -0.25) is 19.7 Å². The number of anilines is 1. The molecule has 0 aliphatic carbocycles. The fraction of sp³-hybridized carbons (Fsp3) is 0.100. The molecule has 2 aromatic carbocycles. The number of ketones is 1. The third-order valence-electron chi connectivity index (χ3n) is 3.99. The average Bonchev–Trinajstić information content (AvgIpc) is 3.22. The zero-order valence-electron chi connectivity index (χ0n) is 14.9. The number of nitrogens with zero attached hydrogens (tertiary/aromatic N) is 1. The largest absolute Gasteiger partial charge is 0.459 e. The van der Waals surface area contributed by atoms with E-state index in [2.05, 4.69) is 10.6 Å². The normalized spacial score (nSPS) is 11.5. The number of carbonyl (C=O) groups is 2. The van der Waals surface area contributed by atoms with Crippen molar-refractivity contribution in [1.82, 2.24) is 5.32 Å². The summed E-state index contributed by atoms with van der Waals surface area (Å²) in [5, 5.41) is 16.4. The van der Waals surface area contributed by atoms with E-state index in [1.54, 1.807) is 36.4 Å². The quantitative estimate of drug-likeness (QED) is 0.281. The van der Waals surface area contributed by atoms with Crippen LogP contribution in [0.5, 0.6) is 0 Å². The van der Waals surface area contributed by atoms with Gasteiger partial charge in [-0.2, -0.15) is 0 Å². The summed E-state index contributed by atoms with van der Waals surface area (Å²) in [5.41, 5.74) is 1.55. The number of amides is 1. The van der Waals surface area contributed by atoms with Crippen molar-refractivity contribution >= 4 is 23.1 Å². The minimum Gasteiger partial charge on any atom is -0.459 e. The van der Waals surface area contributed by atoms with Crippen LogP contribution < -0.4 is 10.6 Å². The molecule has 28 heavy (non-hydrogen) atoms. The maximum absolute atomic E-state index is 12.9. The van der Waals surface area contributed by atoms with Crippen LogP contribution in [0.15, 0.2) is 71.3 Å². The second-order valence-electron chi connectivity index (χ2n) is 6.07. The molecule has 0 saturated carbocycles. The number of aryl methyl sites for hydroxylation is 1. The first-order valence-corrected chi connectivity index (χ1v) is 8.40. The molecule has 0 aliphatic rings. The summed E-state index contributed by atoms with van der Waals surface area (Å²) < 4.78 is 5.06. The molecule has 2 N–H and O–H groups in total. The number of rotatable bonds is 7. The molecule has 0 unspecified atom stereocenters. The first-order valence-electron chi connectivity index (χ1n) is 8.40. The number of nitro benzene ring substituents is 1. The van der Waals surface area contributed by atoms with Crippen LogP contribution in [0.4, 0.5) is 11.4 Å². The van der Waals surface area contributed by atoms with Crippen LogP contribution in [-0.2, 0) is 0 Å². The second-order valence-corrected chi connectivity index (χ2v) is 6.07. The number of furan rings is 1. The van der Waals surface area contributed by atoms with Crippen LogP contribution in [0.3, 0.4) is 0 Å². The van der Waals surface area contributed by atoms with Gasteiger partial charge in [0.05, 0.1) is 11.2 Å². The summed E-state index contributed by atoms with van der Waals surface area (Å²) in [5.74, 6) is -0.942. The summed E-state index contributed by atoms with van der Waals surface area (Å²) >= 11 is 0. The van der Waals surface area contributed by atoms with E-state index in [4.69, 9.17) is 4.42 Å². The number of nitrogens with one attached hydrogen (secondary N) is 2. The molecule has 0 bridgehead atoms. The van der Waals surface area contributed by atoms with Crippen molar-refractivity contribution in [2.24, 2.45) is 0 Å². The molecule has 0 aliphatic heterocycles. The van der Waals surface area contributed by atoms with Crippen molar-refractivity contribution < 1.29 is 18.9 Å². The summed E-state index contributed by atoms with van der Waals surface area (Å²) in [7, 11) is 0. The highest BCUT2D eigenvalue weighted by atomic mass is 16.6. The van der Waals surface area contributed by atoms with Gasteiger partial charge in [-0.05, 0) is 25.1 Å². The monoisotopic (exact) mass is 379 g/mol. The zero-order valence-corrected chi connectivity index (χ0v) is 14.9. The van der Waals surface area contributed by atoms with E-state index in [0.29, 0.717) is 11.3 Å². The van der Waals surface area contributed by atoms with Gasteiger partial charge < -0.3 is 15.1 Å². The van der Waals surface area contributed by atoms with Crippen molar-refractivity contribution in [1.29, 1.82) is 0 Å². The first-order chi connectivity index (χ1) is 13.4. The van der Waals surface area contributed by atoms with Crippen molar-refractivity contribution in [2.75, 3.05) is 5.32 Å². The van der Waals surface area contributed by atoms with Gasteiger partial charge >= 0.3 is 0 Å². The Labute approximate surface area is 160 Å². The Morgan fingerprint density at radius 1 is 1.07 bits per heavy atom. The number of hydrogen-bond donors (Lipinski definition) is 2. The first kappa shape index (κ1) is 18.8. The molecule has 8 nitrogen and oxygen atoms in total. The van der Waals surface area contributed by atoms with Gasteiger partial charge in [-0.25, -0.2) is 0 Å². The molecule has 3 aromatic rings. The highest BCUT2D eigenvalue weighted by molar-refractivity contribution is 6.04. The molecule has 1 aromatic heterocycles. The van der Waals surface area contributed by atoms with Gasteiger partial charge in [-0.1, -0.05) is 35.9 Å². The molecule has 0 radical (unpaired) electrons. The van der Waals surface area contributed by atoms with Crippen molar-refractivity contribution in [3.05, 3.63) is 93.9 Å². The predicted octanol–water partition coefficient (Wildman–Crippen LogP) is 3.55.